The van der Waals surface area contributed by atoms with Crippen molar-refractivity contribution in [3.8, 4) is 0 Å². The number of amides is 2. The molecule has 7 heteroatoms. The van der Waals surface area contributed by atoms with Crippen molar-refractivity contribution in [2.45, 2.75) is 13.0 Å². The SMILES string of the molecule is CNC(=O)c1ccc(N2CCN(C(=O)O)C[C@H]2C)cn1. The van der Waals surface area contributed by atoms with Crippen LogP contribution < -0.4 is 10.2 Å². The molecule has 1 aliphatic rings. The van der Waals surface area contributed by atoms with Gasteiger partial charge in [-0.15, -0.1) is 0 Å². The third kappa shape index (κ3) is 2.81. The fourth-order valence-corrected chi connectivity index (χ4v) is 2.33. The van der Waals surface area contributed by atoms with Gasteiger partial charge in [0.2, 0.25) is 0 Å². The van der Waals surface area contributed by atoms with Crippen LogP contribution in [0.25, 0.3) is 0 Å². The Kier molecular flexibility index (Phi) is 4.07. The lowest BCUT2D eigenvalue weighted by Crippen LogP contribution is -2.53. The van der Waals surface area contributed by atoms with Gasteiger partial charge in [0.15, 0.2) is 0 Å². The largest absolute Gasteiger partial charge is 0.465 e. The molecule has 0 bridgehead atoms. The average Bonchev–Trinajstić information content (AvgIpc) is 2.46. The summed E-state index contributed by atoms with van der Waals surface area (Å²) in [4.78, 5) is 30.0. The Labute approximate surface area is 117 Å². The minimum Gasteiger partial charge on any atom is -0.465 e. The van der Waals surface area contributed by atoms with Crippen molar-refractivity contribution in [2.75, 3.05) is 31.6 Å². The van der Waals surface area contributed by atoms with Crippen molar-refractivity contribution in [1.29, 1.82) is 0 Å². The second kappa shape index (κ2) is 5.77. The molecule has 0 aromatic carbocycles. The number of carbonyl (C=O) groups is 2. The second-order valence-corrected chi connectivity index (χ2v) is 4.75. The third-order valence-electron chi connectivity index (χ3n) is 3.44. The average molecular weight is 278 g/mol. The summed E-state index contributed by atoms with van der Waals surface area (Å²) in [5.74, 6) is -0.222. The molecule has 1 atom stereocenters. The van der Waals surface area contributed by atoms with E-state index in [1.54, 1.807) is 19.3 Å². The number of pyridine rings is 1. The summed E-state index contributed by atoms with van der Waals surface area (Å²) in [7, 11) is 1.56. The van der Waals surface area contributed by atoms with Crippen LogP contribution in [-0.4, -0.2) is 59.7 Å². The maximum Gasteiger partial charge on any atom is 0.407 e. The van der Waals surface area contributed by atoms with Gasteiger partial charge in [-0.3, -0.25) is 4.79 Å². The predicted octanol–water partition coefficient (Wildman–Crippen LogP) is 0.630. The zero-order valence-electron chi connectivity index (χ0n) is 11.5. The van der Waals surface area contributed by atoms with Gasteiger partial charge >= 0.3 is 6.09 Å². The Balaban J connectivity index is 2.09. The highest BCUT2D eigenvalue weighted by Gasteiger charge is 2.26. The van der Waals surface area contributed by atoms with E-state index in [1.807, 2.05) is 13.0 Å². The van der Waals surface area contributed by atoms with E-state index in [0.29, 0.717) is 25.3 Å². The Morgan fingerprint density at radius 2 is 2.15 bits per heavy atom. The molecule has 0 radical (unpaired) electrons. The van der Waals surface area contributed by atoms with E-state index < -0.39 is 6.09 Å². The number of nitrogens with one attached hydrogen (secondary N) is 1. The molecule has 1 aliphatic heterocycles. The first-order valence-electron chi connectivity index (χ1n) is 6.45. The number of rotatable bonds is 2. The molecule has 20 heavy (non-hydrogen) atoms. The number of carbonyl (C=O) groups excluding carboxylic acids is 1. The summed E-state index contributed by atoms with van der Waals surface area (Å²) in [6.45, 7) is 3.53. The normalized spacial score (nSPS) is 18.8. The molecule has 0 spiro atoms. The van der Waals surface area contributed by atoms with Crippen LogP contribution in [0.1, 0.15) is 17.4 Å². The molecule has 1 saturated heterocycles. The molecule has 7 nitrogen and oxygen atoms in total. The summed E-state index contributed by atoms with van der Waals surface area (Å²) in [6.07, 6.45) is 0.766. The van der Waals surface area contributed by atoms with E-state index in [1.165, 1.54) is 4.90 Å². The van der Waals surface area contributed by atoms with Crippen LogP contribution in [0, 0.1) is 0 Å². The molecule has 1 fully saturated rings. The lowest BCUT2D eigenvalue weighted by atomic mass is 10.1. The van der Waals surface area contributed by atoms with Crippen LogP contribution in [0.15, 0.2) is 18.3 Å². The topological polar surface area (TPSA) is 85.8 Å². The standard InChI is InChI=1S/C13H18N4O3/c1-9-8-16(13(19)20)5-6-17(9)10-3-4-11(15-7-10)12(18)14-2/h3-4,7,9H,5-6,8H2,1-2H3,(H,14,18)(H,19,20)/t9-/m1/s1. The Morgan fingerprint density at radius 1 is 1.40 bits per heavy atom. The highest BCUT2D eigenvalue weighted by Crippen LogP contribution is 2.20. The first kappa shape index (κ1) is 14.1. The quantitative estimate of drug-likeness (QED) is 0.828. The first-order chi connectivity index (χ1) is 9.52. The second-order valence-electron chi connectivity index (χ2n) is 4.75. The van der Waals surface area contributed by atoms with E-state index in [2.05, 4.69) is 15.2 Å². The number of carboxylic acid groups (broad SMARTS) is 1. The van der Waals surface area contributed by atoms with Gasteiger partial charge in [-0.25, -0.2) is 9.78 Å². The zero-order valence-corrected chi connectivity index (χ0v) is 11.5. The van der Waals surface area contributed by atoms with Crippen molar-refractivity contribution >= 4 is 17.7 Å². The molecular weight excluding hydrogens is 260 g/mol. The number of nitrogens with zero attached hydrogens (tertiary/aromatic N) is 3. The van der Waals surface area contributed by atoms with Gasteiger partial charge in [0.05, 0.1) is 11.9 Å². The van der Waals surface area contributed by atoms with Gasteiger partial charge in [0.1, 0.15) is 5.69 Å². The van der Waals surface area contributed by atoms with Crippen LogP contribution in [0.5, 0.6) is 0 Å². The molecule has 0 unspecified atom stereocenters. The van der Waals surface area contributed by atoms with Gasteiger partial charge < -0.3 is 20.2 Å². The van der Waals surface area contributed by atoms with Crippen LogP contribution in [0.3, 0.4) is 0 Å². The molecule has 2 rings (SSSR count). The highest BCUT2D eigenvalue weighted by atomic mass is 16.4. The van der Waals surface area contributed by atoms with Crippen LogP contribution in [0.2, 0.25) is 0 Å². The molecule has 2 heterocycles. The maximum atomic E-state index is 11.4. The van der Waals surface area contributed by atoms with Gasteiger partial charge in [0.25, 0.3) is 5.91 Å². The maximum absolute atomic E-state index is 11.4. The molecule has 1 aromatic rings. The van der Waals surface area contributed by atoms with Crippen LogP contribution >= 0.6 is 0 Å². The fraction of sp³-hybridized carbons (Fsp3) is 0.462. The molecule has 2 N–H and O–H groups in total. The molecule has 0 saturated carbocycles. The Morgan fingerprint density at radius 3 is 2.65 bits per heavy atom. The molecule has 1 aromatic heterocycles. The number of hydrogen-bond donors (Lipinski definition) is 2. The van der Waals surface area contributed by atoms with Gasteiger partial charge in [-0.1, -0.05) is 0 Å². The summed E-state index contributed by atoms with van der Waals surface area (Å²) in [6, 6.07) is 3.59. The van der Waals surface area contributed by atoms with E-state index in [4.69, 9.17) is 5.11 Å². The summed E-state index contributed by atoms with van der Waals surface area (Å²) in [5.41, 5.74) is 1.27. The lowest BCUT2D eigenvalue weighted by molar-refractivity contribution is 0.0958. The molecule has 2 amide bonds. The van der Waals surface area contributed by atoms with E-state index >= 15 is 0 Å². The number of hydrogen-bond acceptors (Lipinski definition) is 4. The third-order valence-corrected chi connectivity index (χ3v) is 3.44. The molecule has 0 aliphatic carbocycles. The van der Waals surface area contributed by atoms with Crippen molar-refractivity contribution in [3.05, 3.63) is 24.0 Å². The minimum atomic E-state index is -0.885. The lowest BCUT2D eigenvalue weighted by Gasteiger charge is -2.39. The monoisotopic (exact) mass is 278 g/mol. The summed E-state index contributed by atoms with van der Waals surface area (Å²) < 4.78 is 0. The number of aromatic nitrogens is 1. The van der Waals surface area contributed by atoms with Gasteiger partial charge in [-0.05, 0) is 19.1 Å². The highest BCUT2D eigenvalue weighted by molar-refractivity contribution is 5.92. The Bertz CT molecular complexity index is 503. The van der Waals surface area contributed by atoms with E-state index in [9.17, 15) is 9.59 Å². The van der Waals surface area contributed by atoms with Crippen LogP contribution in [-0.2, 0) is 0 Å². The van der Waals surface area contributed by atoms with Crippen LogP contribution in [0.4, 0.5) is 10.5 Å². The smallest absolute Gasteiger partial charge is 0.407 e. The van der Waals surface area contributed by atoms with Gasteiger partial charge in [0, 0.05) is 32.7 Å². The van der Waals surface area contributed by atoms with Crippen molar-refractivity contribution < 1.29 is 14.7 Å². The molecular formula is C13H18N4O3. The fourth-order valence-electron chi connectivity index (χ4n) is 2.33. The van der Waals surface area contributed by atoms with Crippen molar-refractivity contribution in [2.24, 2.45) is 0 Å². The number of anilines is 1. The van der Waals surface area contributed by atoms with Gasteiger partial charge in [-0.2, -0.15) is 0 Å². The van der Waals surface area contributed by atoms with Crippen molar-refractivity contribution in [3.63, 3.8) is 0 Å². The van der Waals surface area contributed by atoms with E-state index in [-0.39, 0.29) is 11.9 Å². The van der Waals surface area contributed by atoms with Crippen molar-refractivity contribution in [1.82, 2.24) is 15.2 Å². The number of piperazine rings is 1. The Hall–Kier alpha value is -2.31. The summed E-state index contributed by atoms with van der Waals surface area (Å²) in [5, 5.41) is 11.5. The predicted molar refractivity (Wildman–Crippen MR) is 74.0 cm³/mol. The minimum absolute atomic E-state index is 0.0764. The summed E-state index contributed by atoms with van der Waals surface area (Å²) >= 11 is 0. The van der Waals surface area contributed by atoms with E-state index in [0.717, 1.165) is 5.69 Å². The first-order valence-corrected chi connectivity index (χ1v) is 6.45. The molecule has 108 valence electrons. The zero-order chi connectivity index (χ0) is 14.7.